The minimum Gasteiger partial charge on any atom is -0.331 e. The first-order valence-electron chi connectivity index (χ1n) is 9.36. The first kappa shape index (κ1) is 22.3. The lowest BCUT2D eigenvalue weighted by Crippen LogP contribution is -2.32. The van der Waals surface area contributed by atoms with Crippen LogP contribution in [-0.4, -0.2) is 43.2 Å². The lowest BCUT2D eigenvalue weighted by molar-refractivity contribution is 0.0762. The van der Waals surface area contributed by atoms with Crippen LogP contribution < -0.4 is 0 Å². The molecular formula is C22H25N3O3S. The van der Waals surface area contributed by atoms with Crippen LogP contribution in [0.2, 0.25) is 0 Å². The van der Waals surface area contributed by atoms with E-state index >= 15 is 0 Å². The molecule has 7 heteroatoms. The van der Waals surface area contributed by atoms with Crippen LogP contribution in [0.4, 0.5) is 0 Å². The van der Waals surface area contributed by atoms with Crippen LogP contribution in [-0.2, 0) is 16.6 Å². The SMILES string of the molecule is C=CCN(Cc1ccc(C#N)cc1)C(=O)c1cccc(S(=O)(=O)N(CC)CC)c1. The van der Waals surface area contributed by atoms with E-state index in [0.29, 0.717) is 37.3 Å². The summed E-state index contributed by atoms with van der Waals surface area (Å²) in [5.41, 5.74) is 1.71. The van der Waals surface area contributed by atoms with Gasteiger partial charge in [-0.2, -0.15) is 9.57 Å². The topological polar surface area (TPSA) is 81.5 Å². The van der Waals surface area contributed by atoms with Crippen molar-refractivity contribution in [2.45, 2.75) is 25.3 Å². The summed E-state index contributed by atoms with van der Waals surface area (Å²) in [4.78, 5) is 14.7. The Morgan fingerprint density at radius 3 is 2.34 bits per heavy atom. The van der Waals surface area contributed by atoms with Gasteiger partial charge in [0, 0.05) is 31.7 Å². The van der Waals surface area contributed by atoms with Crippen LogP contribution in [0.3, 0.4) is 0 Å². The van der Waals surface area contributed by atoms with Crippen molar-refractivity contribution in [1.29, 1.82) is 5.26 Å². The van der Waals surface area contributed by atoms with Crippen LogP contribution >= 0.6 is 0 Å². The summed E-state index contributed by atoms with van der Waals surface area (Å²) in [6.07, 6.45) is 1.62. The Morgan fingerprint density at radius 1 is 1.14 bits per heavy atom. The Labute approximate surface area is 172 Å². The average Bonchev–Trinajstić information content (AvgIpc) is 2.74. The van der Waals surface area contributed by atoms with Crippen molar-refractivity contribution < 1.29 is 13.2 Å². The summed E-state index contributed by atoms with van der Waals surface area (Å²) in [7, 11) is -3.65. The zero-order valence-corrected chi connectivity index (χ0v) is 17.5. The molecule has 1 amide bonds. The van der Waals surface area contributed by atoms with Gasteiger partial charge in [0.25, 0.3) is 5.91 Å². The van der Waals surface area contributed by atoms with Crippen molar-refractivity contribution >= 4 is 15.9 Å². The molecule has 2 aromatic rings. The van der Waals surface area contributed by atoms with Gasteiger partial charge in [0.05, 0.1) is 16.5 Å². The highest BCUT2D eigenvalue weighted by atomic mass is 32.2. The van der Waals surface area contributed by atoms with Gasteiger partial charge in [-0.15, -0.1) is 6.58 Å². The van der Waals surface area contributed by atoms with Gasteiger partial charge in [0.2, 0.25) is 10.0 Å². The molecule has 0 bridgehead atoms. The van der Waals surface area contributed by atoms with Gasteiger partial charge in [-0.3, -0.25) is 4.79 Å². The van der Waals surface area contributed by atoms with E-state index in [2.05, 4.69) is 12.6 Å². The van der Waals surface area contributed by atoms with E-state index < -0.39 is 10.0 Å². The molecule has 6 nitrogen and oxygen atoms in total. The Morgan fingerprint density at radius 2 is 1.79 bits per heavy atom. The van der Waals surface area contributed by atoms with Crippen molar-refractivity contribution in [3.8, 4) is 6.07 Å². The summed E-state index contributed by atoms with van der Waals surface area (Å²) < 4.78 is 26.9. The van der Waals surface area contributed by atoms with Crippen LogP contribution in [0.5, 0.6) is 0 Å². The van der Waals surface area contributed by atoms with E-state index in [4.69, 9.17) is 5.26 Å². The molecule has 29 heavy (non-hydrogen) atoms. The minimum atomic E-state index is -3.65. The highest BCUT2D eigenvalue weighted by Gasteiger charge is 2.23. The van der Waals surface area contributed by atoms with E-state index in [-0.39, 0.29) is 10.8 Å². The smallest absolute Gasteiger partial charge is 0.254 e. The summed E-state index contributed by atoms with van der Waals surface area (Å²) >= 11 is 0. The van der Waals surface area contributed by atoms with E-state index in [9.17, 15) is 13.2 Å². The minimum absolute atomic E-state index is 0.101. The van der Waals surface area contributed by atoms with Crippen LogP contribution in [0.15, 0.2) is 66.1 Å². The van der Waals surface area contributed by atoms with Crippen molar-refractivity contribution in [3.05, 3.63) is 77.9 Å². The van der Waals surface area contributed by atoms with Crippen molar-refractivity contribution in [1.82, 2.24) is 9.21 Å². The first-order chi connectivity index (χ1) is 13.9. The predicted octanol–water partition coefficient (Wildman–Crippen LogP) is 3.42. The van der Waals surface area contributed by atoms with Gasteiger partial charge >= 0.3 is 0 Å². The molecule has 152 valence electrons. The molecule has 0 saturated heterocycles. The number of nitriles is 1. The molecule has 2 rings (SSSR count). The Bertz CT molecular complexity index is 1000. The number of sulfonamides is 1. The largest absolute Gasteiger partial charge is 0.331 e. The summed E-state index contributed by atoms with van der Waals surface area (Å²) in [6, 6.07) is 15.2. The summed E-state index contributed by atoms with van der Waals surface area (Å²) in [5, 5.41) is 8.92. The maximum Gasteiger partial charge on any atom is 0.254 e. The van der Waals surface area contributed by atoms with E-state index in [1.807, 2.05) is 0 Å². The average molecular weight is 412 g/mol. The molecule has 0 spiro atoms. The third-order valence-electron chi connectivity index (χ3n) is 4.52. The number of amides is 1. The molecule has 0 aliphatic rings. The third kappa shape index (κ3) is 5.31. The standard InChI is InChI=1S/C22H25N3O3S/c1-4-14-24(17-19-12-10-18(16-23)11-13-19)22(26)20-8-7-9-21(15-20)29(27,28)25(5-2)6-3/h4,7-13,15H,1,5-6,14,17H2,2-3H3. The van der Waals surface area contributed by atoms with Crippen molar-refractivity contribution in [2.75, 3.05) is 19.6 Å². The molecule has 0 aliphatic carbocycles. The molecule has 0 fully saturated rings. The predicted molar refractivity (Wildman–Crippen MR) is 113 cm³/mol. The summed E-state index contributed by atoms with van der Waals surface area (Å²) in [6.45, 7) is 8.62. The van der Waals surface area contributed by atoms with Gasteiger partial charge in [-0.1, -0.05) is 38.1 Å². The van der Waals surface area contributed by atoms with E-state index in [0.717, 1.165) is 5.56 Å². The van der Waals surface area contributed by atoms with Crippen molar-refractivity contribution in [2.24, 2.45) is 0 Å². The molecular weight excluding hydrogens is 386 g/mol. The monoisotopic (exact) mass is 411 g/mol. The fraction of sp³-hybridized carbons (Fsp3) is 0.273. The molecule has 0 atom stereocenters. The first-order valence-corrected chi connectivity index (χ1v) is 10.8. The van der Waals surface area contributed by atoms with E-state index in [1.165, 1.54) is 16.4 Å². The van der Waals surface area contributed by atoms with Gasteiger partial charge in [-0.25, -0.2) is 8.42 Å². The second-order valence-corrected chi connectivity index (χ2v) is 8.34. The number of carbonyl (C=O) groups excluding carboxylic acids is 1. The highest BCUT2D eigenvalue weighted by molar-refractivity contribution is 7.89. The second kappa shape index (κ2) is 10.0. The summed E-state index contributed by atoms with van der Waals surface area (Å²) in [5.74, 6) is -0.286. The van der Waals surface area contributed by atoms with Crippen LogP contribution in [0.25, 0.3) is 0 Å². The molecule has 0 aromatic heterocycles. The lowest BCUT2D eigenvalue weighted by atomic mass is 10.1. The van der Waals surface area contributed by atoms with Gasteiger partial charge in [-0.05, 0) is 35.9 Å². The number of carbonyl (C=O) groups is 1. The maximum atomic E-state index is 13.1. The molecule has 0 N–H and O–H groups in total. The third-order valence-corrected chi connectivity index (χ3v) is 6.56. The number of hydrogen-bond acceptors (Lipinski definition) is 4. The van der Waals surface area contributed by atoms with E-state index in [1.54, 1.807) is 61.2 Å². The molecule has 0 saturated carbocycles. The van der Waals surface area contributed by atoms with Crippen LogP contribution in [0, 0.1) is 11.3 Å². The normalized spacial score (nSPS) is 11.1. The second-order valence-electron chi connectivity index (χ2n) is 6.40. The Balaban J connectivity index is 2.32. The van der Waals surface area contributed by atoms with Gasteiger partial charge in [0.1, 0.15) is 0 Å². The molecule has 2 aromatic carbocycles. The lowest BCUT2D eigenvalue weighted by Gasteiger charge is -2.22. The molecule has 0 unspecified atom stereocenters. The van der Waals surface area contributed by atoms with Gasteiger partial charge < -0.3 is 4.90 Å². The number of benzene rings is 2. The fourth-order valence-corrected chi connectivity index (χ4v) is 4.47. The molecule has 0 radical (unpaired) electrons. The van der Waals surface area contributed by atoms with Crippen molar-refractivity contribution in [3.63, 3.8) is 0 Å². The van der Waals surface area contributed by atoms with Gasteiger partial charge in [0.15, 0.2) is 0 Å². The Kier molecular flexibility index (Phi) is 7.71. The number of hydrogen-bond donors (Lipinski definition) is 0. The Hall–Kier alpha value is -2.95. The maximum absolute atomic E-state index is 13.1. The highest BCUT2D eigenvalue weighted by Crippen LogP contribution is 2.19. The zero-order chi connectivity index (χ0) is 21.4. The number of nitrogens with zero attached hydrogens (tertiary/aromatic N) is 3. The van der Waals surface area contributed by atoms with Crippen LogP contribution in [0.1, 0.15) is 35.3 Å². The number of rotatable bonds is 9. The quantitative estimate of drug-likeness (QED) is 0.592. The fourth-order valence-electron chi connectivity index (χ4n) is 2.96. The zero-order valence-electron chi connectivity index (χ0n) is 16.7. The molecule has 0 heterocycles. The molecule has 0 aliphatic heterocycles.